The molecule has 0 aliphatic heterocycles. The van der Waals surface area contributed by atoms with Crippen molar-refractivity contribution in [3.8, 4) is 5.75 Å². The zero-order valence-corrected chi connectivity index (χ0v) is 10.8. The van der Waals surface area contributed by atoms with Crippen molar-refractivity contribution in [2.45, 2.75) is 39.2 Å². The van der Waals surface area contributed by atoms with E-state index in [0.29, 0.717) is 18.9 Å². The van der Waals surface area contributed by atoms with Crippen LogP contribution in [0.25, 0.3) is 0 Å². The molecule has 0 aliphatic rings. The van der Waals surface area contributed by atoms with Gasteiger partial charge in [0, 0.05) is 12.6 Å². The van der Waals surface area contributed by atoms with Gasteiger partial charge in [0.25, 0.3) is 0 Å². The minimum absolute atomic E-state index is 0.235. The molecule has 0 spiro atoms. The fourth-order valence-electron chi connectivity index (χ4n) is 1.73. The Balaban J connectivity index is 2.41. The van der Waals surface area contributed by atoms with Crippen molar-refractivity contribution in [3.05, 3.63) is 29.6 Å². The highest BCUT2D eigenvalue weighted by Gasteiger charge is 2.01. The number of benzene rings is 1. The van der Waals surface area contributed by atoms with E-state index in [1.807, 2.05) is 13.1 Å². The van der Waals surface area contributed by atoms with E-state index in [1.54, 1.807) is 0 Å². The average Bonchev–Trinajstić information content (AvgIpc) is 2.28. The summed E-state index contributed by atoms with van der Waals surface area (Å²) in [6.45, 7) is 3.50. The maximum absolute atomic E-state index is 13.3. The van der Waals surface area contributed by atoms with E-state index in [9.17, 15) is 4.39 Å². The van der Waals surface area contributed by atoms with E-state index in [4.69, 9.17) is 4.74 Å². The Bertz CT molecular complexity index is 328. The zero-order chi connectivity index (χ0) is 12.5. The summed E-state index contributed by atoms with van der Waals surface area (Å²) in [5, 5.41) is 3.00. The van der Waals surface area contributed by atoms with Gasteiger partial charge in [-0.2, -0.15) is 0 Å². The van der Waals surface area contributed by atoms with Crippen LogP contribution in [-0.4, -0.2) is 13.7 Å². The Morgan fingerprint density at radius 1 is 1.18 bits per heavy atom. The topological polar surface area (TPSA) is 21.3 Å². The predicted octanol–water partition coefficient (Wildman–Crippen LogP) is 3.50. The summed E-state index contributed by atoms with van der Waals surface area (Å²) in [6, 6.07) is 4.86. The Morgan fingerprint density at radius 2 is 2.00 bits per heavy atom. The molecule has 0 amide bonds. The molecule has 1 aromatic rings. The number of unbranched alkanes of at least 4 members (excludes halogenated alkanes) is 3. The summed E-state index contributed by atoms with van der Waals surface area (Å²) < 4.78 is 18.8. The Morgan fingerprint density at radius 3 is 2.71 bits per heavy atom. The maximum atomic E-state index is 13.3. The van der Waals surface area contributed by atoms with Crippen molar-refractivity contribution in [2.75, 3.05) is 13.7 Å². The first-order chi connectivity index (χ1) is 8.26. The molecule has 0 radical (unpaired) electrons. The van der Waals surface area contributed by atoms with Crippen LogP contribution in [0, 0.1) is 5.82 Å². The first kappa shape index (κ1) is 14.0. The number of ether oxygens (including phenoxy) is 1. The van der Waals surface area contributed by atoms with Gasteiger partial charge in [-0.3, -0.25) is 0 Å². The van der Waals surface area contributed by atoms with Crippen molar-refractivity contribution in [1.82, 2.24) is 5.32 Å². The van der Waals surface area contributed by atoms with Crippen LogP contribution in [0.2, 0.25) is 0 Å². The zero-order valence-electron chi connectivity index (χ0n) is 10.8. The molecule has 1 N–H and O–H groups in total. The number of hydrogen-bond acceptors (Lipinski definition) is 2. The molecule has 0 bridgehead atoms. The monoisotopic (exact) mass is 239 g/mol. The maximum Gasteiger partial charge on any atom is 0.127 e. The van der Waals surface area contributed by atoms with Crippen LogP contribution in [-0.2, 0) is 6.54 Å². The fourth-order valence-corrected chi connectivity index (χ4v) is 1.73. The summed E-state index contributed by atoms with van der Waals surface area (Å²) in [5.41, 5.74) is 0.913. The number of rotatable bonds is 8. The number of nitrogens with one attached hydrogen (secondary N) is 1. The van der Waals surface area contributed by atoms with E-state index in [0.717, 1.165) is 12.0 Å². The van der Waals surface area contributed by atoms with E-state index in [-0.39, 0.29) is 5.82 Å². The van der Waals surface area contributed by atoms with E-state index in [2.05, 4.69) is 12.2 Å². The summed E-state index contributed by atoms with van der Waals surface area (Å²) in [5.74, 6) is 0.396. The van der Waals surface area contributed by atoms with Crippen LogP contribution in [0.1, 0.15) is 38.2 Å². The summed E-state index contributed by atoms with van der Waals surface area (Å²) in [6.07, 6.45) is 4.66. The third-order valence-corrected chi connectivity index (χ3v) is 2.58. The minimum Gasteiger partial charge on any atom is -0.493 e. The Labute approximate surface area is 103 Å². The van der Waals surface area contributed by atoms with Crippen molar-refractivity contribution < 1.29 is 9.13 Å². The fraction of sp³-hybridized carbons (Fsp3) is 0.571. The second kappa shape index (κ2) is 8.07. The van der Waals surface area contributed by atoms with Gasteiger partial charge in [0.05, 0.1) is 6.61 Å². The van der Waals surface area contributed by atoms with Crippen LogP contribution in [0.3, 0.4) is 0 Å². The molecule has 3 heteroatoms. The lowest BCUT2D eigenvalue weighted by Crippen LogP contribution is -2.06. The van der Waals surface area contributed by atoms with Crippen LogP contribution in [0.4, 0.5) is 4.39 Å². The summed E-state index contributed by atoms with van der Waals surface area (Å²) in [4.78, 5) is 0. The van der Waals surface area contributed by atoms with Gasteiger partial charge in [-0.25, -0.2) is 4.39 Å². The first-order valence-electron chi connectivity index (χ1n) is 6.33. The average molecular weight is 239 g/mol. The molecule has 0 saturated heterocycles. The van der Waals surface area contributed by atoms with Gasteiger partial charge in [-0.1, -0.05) is 26.2 Å². The molecule has 0 unspecified atom stereocenters. The predicted molar refractivity (Wildman–Crippen MR) is 68.8 cm³/mol. The van der Waals surface area contributed by atoms with Crippen molar-refractivity contribution in [3.63, 3.8) is 0 Å². The van der Waals surface area contributed by atoms with Gasteiger partial charge in [0.2, 0.25) is 0 Å². The molecule has 0 saturated carbocycles. The summed E-state index contributed by atoms with van der Waals surface area (Å²) >= 11 is 0. The molecule has 0 atom stereocenters. The highest BCUT2D eigenvalue weighted by molar-refractivity contribution is 5.29. The van der Waals surface area contributed by atoms with Crippen molar-refractivity contribution >= 4 is 0 Å². The van der Waals surface area contributed by atoms with Gasteiger partial charge in [-0.15, -0.1) is 0 Å². The summed E-state index contributed by atoms with van der Waals surface area (Å²) in [7, 11) is 1.84. The quantitative estimate of drug-likeness (QED) is 0.701. The van der Waals surface area contributed by atoms with Crippen molar-refractivity contribution in [2.24, 2.45) is 0 Å². The third-order valence-electron chi connectivity index (χ3n) is 2.58. The largest absolute Gasteiger partial charge is 0.493 e. The molecule has 0 heterocycles. The highest BCUT2D eigenvalue weighted by Crippen LogP contribution is 2.17. The lowest BCUT2D eigenvalue weighted by atomic mass is 10.2. The SMILES string of the molecule is CCCCCCOc1cc(F)cc(CNC)c1. The van der Waals surface area contributed by atoms with Crippen LogP contribution < -0.4 is 10.1 Å². The standard InChI is InChI=1S/C14H22FNO/c1-3-4-5-6-7-17-14-9-12(11-16-2)8-13(15)10-14/h8-10,16H,3-7,11H2,1-2H3. The van der Waals surface area contributed by atoms with E-state index in [1.165, 1.54) is 31.4 Å². The van der Waals surface area contributed by atoms with Gasteiger partial charge in [-0.05, 0) is 31.2 Å². The Hall–Kier alpha value is -1.09. The molecule has 2 nitrogen and oxygen atoms in total. The van der Waals surface area contributed by atoms with Crippen LogP contribution in [0.5, 0.6) is 5.75 Å². The third kappa shape index (κ3) is 5.68. The lowest BCUT2D eigenvalue weighted by Gasteiger charge is -2.08. The molecular formula is C14H22FNO. The molecule has 0 aliphatic carbocycles. The second-order valence-electron chi connectivity index (χ2n) is 4.23. The lowest BCUT2D eigenvalue weighted by molar-refractivity contribution is 0.303. The molecule has 1 rings (SSSR count). The van der Waals surface area contributed by atoms with Gasteiger partial charge < -0.3 is 10.1 Å². The van der Waals surface area contributed by atoms with Crippen LogP contribution >= 0.6 is 0 Å². The molecule has 96 valence electrons. The molecule has 0 aromatic heterocycles. The first-order valence-corrected chi connectivity index (χ1v) is 6.33. The molecule has 17 heavy (non-hydrogen) atoms. The molecule has 0 fully saturated rings. The number of halogens is 1. The molecule has 1 aromatic carbocycles. The number of hydrogen-bond donors (Lipinski definition) is 1. The van der Waals surface area contributed by atoms with Crippen LogP contribution in [0.15, 0.2) is 18.2 Å². The minimum atomic E-state index is -0.235. The van der Waals surface area contributed by atoms with Crippen molar-refractivity contribution in [1.29, 1.82) is 0 Å². The normalized spacial score (nSPS) is 10.5. The Kier molecular flexibility index (Phi) is 6.63. The van der Waals surface area contributed by atoms with E-state index >= 15 is 0 Å². The van der Waals surface area contributed by atoms with Gasteiger partial charge in [0.15, 0.2) is 0 Å². The van der Waals surface area contributed by atoms with Gasteiger partial charge >= 0.3 is 0 Å². The molecular weight excluding hydrogens is 217 g/mol. The smallest absolute Gasteiger partial charge is 0.127 e. The van der Waals surface area contributed by atoms with E-state index < -0.39 is 0 Å². The second-order valence-corrected chi connectivity index (χ2v) is 4.23. The highest BCUT2D eigenvalue weighted by atomic mass is 19.1. The van der Waals surface area contributed by atoms with Gasteiger partial charge in [0.1, 0.15) is 11.6 Å².